The lowest BCUT2D eigenvalue weighted by Gasteiger charge is -1.98. The van der Waals surface area contributed by atoms with Crippen LogP contribution in [0.4, 0.5) is 0 Å². The third-order valence-corrected chi connectivity index (χ3v) is 1.72. The van der Waals surface area contributed by atoms with Gasteiger partial charge in [-0.3, -0.25) is 4.79 Å². The highest BCUT2D eigenvalue weighted by Crippen LogP contribution is 2.06. The fourth-order valence-corrected chi connectivity index (χ4v) is 0.668. The number of ketones is 1. The van der Waals surface area contributed by atoms with Crippen molar-refractivity contribution < 1.29 is 4.79 Å². The number of hydrogen-bond acceptors (Lipinski definition) is 1. The number of carbonyl (C=O) groups excluding carboxylic acids is 1. The van der Waals surface area contributed by atoms with E-state index in [2.05, 4.69) is 6.58 Å². The van der Waals surface area contributed by atoms with Gasteiger partial charge in [0.1, 0.15) is 0 Å². The van der Waals surface area contributed by atoms with Crippen LogP contribution in [0.3, 0.4) is 0 Å². The second kappa shape index (κ2) is 4.89. The van der Waals surface area contributed by atoms with E-state index in [0.29, 0.717) is 12.0 Å². The average molecular weight is 152 g/mol. The van der Waals surface area contributed by atoms with Gasteiger partial charge >= 0.3 is 0 Å². The topological polar surface area (TPSA) is 17.1 Å². The molecule has 1 nitrogen and oxygen atoms in total. The van der Waals surface area contributed by atoms with E-state index in [1.165, 1.54) is 5.57 Å². The van der Waals surface area contributed by atoms with Gasteiger partial charge in [0.15, 0.2) is 5.78 Å². The van der Waals surface area contributed by atoms with E-state index in [0.717, 1.165) is 6.42 Å². The summed E-state index contributed by atoms with van der Waals surface area (Å²) in [5.41, 5.74) is 1.92. The number of hydrogen-bond donors (Lipinski definition) is 0. The van der Waals surface area contributed by atoms with Crippen molar-refractivity contribution in [1.29, 1.82) is 0 Å². The summed E-state index contributed by atoms with van der Waals surface area (Å²) in [6.07, 6.45) is 3.50. The average Bonchev–Trinajstić information content (AvgIpc) is 1.99. The lowest BCUT2D eigenvalue weighted by Crippen LogP contribution is -1.97. The molecule has 0 N–H and O–H groups in total. The molecule has 0 rings (SSSR count). The number of Topliss-reactive ketones (excluding diaryl/α,β-unsaturated/α-hetero) is 1. The standard InChI is InChI=1S/C10H16O/c1-5-9(4)6-7-10(11)8(2)3/h5H,2,6-7H2,1,3-4H3/b9-5+. The van der Waals surface area contributed by atoms with Gasteiger partial charge in [-0.15, -0.1) is 0 Å². The van der Waals surface area contributed by atoms with Crippen molar-refractivity contribution in [1.82, 2.24) is 0 Å². The van der Waals surface area contributed by atoms with Gasteiger partial charge in [-0.2, -0.15) is 0 Å². The molecular formula is C10H16O. The summed E-state index contributed by atoms with van der Waals surface area (Å²) >= 11 is 0. The molecule has 0 aromatic carbocycles. The van der Waals surface area contributed by atoms with Crippen LogP contribution in [0.5, 0.6) is 0 Å². The SMILES string of the molecule is C=C(C)C(=O)CC/C(C)=C/C. The molecule has 0 unspecified atom stereocenters. The third kappa shape index (κ3) is 4.54. The molecule has 0 aliphatic carbocycles. The van der Waals surface area contributed by atoms with Crippen LogP contribution in [-0.4, -0.2) is 5.78 Å². The van der Waals surface area contributed by atoms with Gasteiger partial charge < -0.3 is 0 Å². The van der Waals surface area contributed by atoms with Crippen LogP contribution in [0.2, 0.25) is 0 Å². The van der Waals surface area contributed by atoms with Crippen molar-refractivity contribution in [2.45, 2.75) is 33.6 Å². The zero-order valence-electron chi connectivity index (χ0n) is 7.61. The highest BCUT2D eigenvalue weighted by molar-refractivity contribution is 5.94. The van der Waals surface area contributed by atoms with E-state index in [-0.39, 0.29) is 5.78 Å². The van der Waals surface area contributed by atoms with Gasteiger partial charge in [-0.05, 0) is 32.8 Å². The predicted octanol–water partition coefficient (Wildman–Crippen LogP) is 2.88. The lowest BCUT2D eigenvalue weighted by atomic mass is 10.1. The summed E-state index contributed by atoms with van der Waals surface area (Å²) in [5, 5.41) is 0. The molecule has 0 fully saturated rings. The molecule has 0 atom stereocenters. The fourth-order valence-electron chi connectivity index (χ4n) is 0.668. The smallest absolute Gasteiger partial charge is 0.158 e. The van der Waals surface area contributed by atoms with Gasteiger partial charge in [0.2, 0.25) is 0 Å². The Kier molecular flexibility index (Phi) is 4.51. The second-order valence-electron chi connectivity index (χ2n) is 2.84. The van der Waals surface area contributed by atoms with E-state index in [4.69, 9.17) is 0 Å². The molecule has 0 saturated heterocycles. The number of allylic oxidation sites excluding steroid dienone is 3. The highest BCUT2D eigenvalue weighted by Gasteiger charge is 2.01. The summed E-state index contributed by atoms with van der Waals surface area (Å²) in [6, 6.07) is 0. The first-order valence-corrected chi connectivity index (χ1v) is 3.88. The van der Waals surface area contributed by atoms with Crippen LogP contribution < -0.4 is 0 Å². The Morgan fingerprint density at radius 1 is 1.36 bits per heavy atom. The molecule has 0 aromatic rings. The van der Waals surface area contributed by atoms with E-state index >= 15 is 0 Å². The first kappa shape index (κ1) is 10.2. The maximum absolute atomic E-state index is 11.0. The molecule has 62 valence electrons. The summed E-state index contributed by atoms with van der Waals surface area (Å²) in [7, 11) is 0. The van der Waals surface area contributed by atoms with Crippen LogP contribution in [-0.2, 0) is 4.79 Å². The highest BCUT2D eigenvalue weighted by atomic mass is 16.1. The van der Waals surface area contributed by atoms with Gasteiger partial charge in [0, 0.05) is 6.42 Å². The normalized spacial score (nSPS) is 11.4. The van der Waals surface area contributed by atoms with Gasteiger partial charge in [-0.25, -0.2) is 0 Å². The number of carbonyl (C=O) groups is 1. The third-order valence-electron chi connectivity index (χ3n) is 1.72. The van der Waals surface area contributed by atoms with Crippen molar-refractivity contribution in [2.24, 2.45) is 0 Å². The summed E-state index contributed by atoms with van der Waals surface area (Å²) in [5.74, 6) is 0.172. The van der Waals surface area contributed by atoms with E-state index in [1.54, 1.807) is 6.92 Å². The Morgan fingerprint density at radius 2 is 1.91 bits per heavy atom. The minimum absolute atomic E-state index is 0.172. The summed E-state index contributed by atoms with van der Waals surface area (Å²) < 4.78 is 0. The van der Waals surface area contributed by atoms with E-state index < -0.39 is 0 Å². The lowest BCUT2D eigenvalue weighted by molar-refractivity contribution is -0.115. The maximum Gasteiger partial charge on any atom is 0.158 e. The molecule has 0 spiro atoms. The fraction of sp³-hybridized carbons (Fsp3) is 0.500. The Labute approximate surface area is 68.8 Å². The van der Waals surface area contributed by atoms with E-state index in [1.807, 2.05) is 19.9 Å². The molecule has 0 radical (unpaired) electrons. The summed E-state index contributed by atoms with van der Waals surface area (Å²) in [4.78, 5) is 11.0. The molecule has 11 heavy (non-hydrogen) atoms. The van der Waals surface area contributed by atoms with Crippen molar-refractivity contribution in [3.63, 3.8) is 0 Å². The quantitative estimate of drug-likeness (QED) is 0.447. The Morgan fingerprint density at radius 3 is 2.27 bits per heavy atom. The van der Waals surface area contributed by atoms with Gasteiger partial charge in [0.05, 0.1) is 0 Å². The molecule has 0 aliphatic heterocycles. The second-order valence-corrected chi connectivity index (χ2v) is 2.84. The number of rotatable bonds is 4. The predicted molar refractivity (Wildman–Crippen MR) is 48.5 cm³/mol. The van der Waals surface area contributed by atoms with Crippen molar-refractivity contribution in [3.05, 3.63) is 23.8 Å². The summed E-state index contributed by atoms with van der Waals surface area (Å²) in [6.45, 7) is 9.37. The molecule has 0 aromatic heterocycles. The minimum Gasteiger partial charge on any atom is -0.295 e. The molecular weight excluding hydrogens is 136 g/mol. The van der Waals surface area contributed by atoms with Crippen molar-refractivity contribution >= 4 is 5.78 Å². The van der Waals surface area contributed by atoms with Crippen molar-refractivity contribution in [2.75, 3.05) is 0 Å². The largest absolute Gasteiger partial charge is 0.295 e. The Balaban J connectivity index is 3.72. The van der Waals surface area contributed by atoms with Crippen molar-refractivity contribution in [3.8, 4) is 0 Å². The van der Waals surface area contributed by atoms with Crippen LogP contribution in [0.15, 0.2) is 23.8 Å². The molecule has 1 heteroatoms. The molecule has 0 saturated carbocycles. The van der Waals surface area contributed by atoms with Crippen LogP contribution in [0.25, 0.3) is 0 Å². The van der Waals surface area contributed by atoms with Crippen LogP contribution in [0.1, 0.15) is 33.6 Å². The molecule has 0 aliphatic rings. The molecule has 0 heterocycles. The monoisotopic (exact) mass is 152 g/mol. The van der Waals surface area contributed by atoms with Crippen LogP contribution in [0, 0.1) is 0 Å². The van der Waals surface area contributed by atoms with Gasteiger partial charge in [0.25, 0.3) is 0 Å². The molecule has 0 amide bonds. The molecule has 0 bridgehead atoms. The maximum atomic E-state index is 11.0. The first-order chi connectivity index (χ1) is 5.07. The van der Waals surface area contributed by atoms with E-state index in [9.17, 15) is 4.79 Å². The minimum atomic E-state index is 0.172. The van der Waals surface area contributed by atoms with Gasteiger partial charge in [-0.1, -0.05) is 18.2 Å². The Bertz CT molecular complexity index is 187. The Hall–Kier alpha value is -0.850. The van der Waals surface area contributed by atoms with Crippen LogP contribution >= 0.6 is 0 Å². The first-order valence-electron chi connectivity index (χ1n) is 3.88. The zero-order valence-corrected chi connectivity index (χ0v) is 7.61. The zero-order chi connectivity index (χ0) is 8.85.